The van der Waals surface area contributed by atoms with Gasteiger partial charge in [-0.2, -0.15) is 0 Å². The maximum Gasteiger partial charge on any atom is 0.120 e. The minimum atomic E-state index is 1.02. The molecule has 0 unspecified atom stereocenters. The number of anilines is 1. The second kappa shape index (κ2) is 2.27. The molecule has 1 aliphatic heterocycles. The highest BCUT2D eigenvalue weighted by atomic mass is 32.1. The molecule has 0 amide bonds. The Bertz CT molecular complexity index is 286. The van der Waals surface area contributed by atoms with Gasteiger partial charge in [-0.1, -0.05) is 6.08 Å². The zero-order chi connectivity index (χ0) is 6.81. The summed E-state index contributed by atoms with van der Waals surface area (Å²) in [5, 5.41) is 4.23. The molecule has 2 heterocycles. The molecule has 0 aliphatic carbocycles. The highest BCUT2D eigenvalue weighted by Gasteiger charge is 2.00. The van der Waals surface area contributed by atoms with Crippen LogP contribution in [0, 0.1) is 0 Å². The van der Waals surface area contributed by atoms with Gasteiger partial charge in [0.05, 0.1) is 11.2 Å². The molecule has 1 aromatic rings. The van der Waals surface area contributed by atoms with E-state index in [-0.39, 0.29) is 0 Å². The lowest BCUT2D eigenvalue weighted by Crippen LogP contribution is -1.83. The van der Waals surface area contributed by atoms with E-state index in [0.29, 0.717) is 0 Å². The number of nitrogens with zero attached hydrogens (tertiary/aromatic N) is 1. The number of hydrogen-bond donors (Lipinski definition) is 1. The van der Waals surface area contributed by atoms with Crippen LogP contribution in [0.15, 0.2) is 23.9 Å². The van der Waals surface area contributed by atoms with E-state index in [1.54, 1.807) is 11.3 Å². The second-order valence-electron chi connectivity index (χ2n) is 1.93. The van der Waals surface area contributed by atoms with Crippen molar-refractivity contribution in [3.8, 4) is 0 Å². The largest absolute Gasteiger partial charge is 0.352 e. The molecule has 10 heavy (non-hydrogen) atoms. The SMILES string of the molecule is C1=CNc2scnc2C=C1. The summed E-state index contributed by atoms with van der Waals surface area (Å²) in [6.45, 7) is 0. The number of rotatable bonds is 0. The van der Waals surface area contributed by atoms with Crippen LogP contribution in [-0.2, 0) is 0 Å². The Morgan fingerprint density at radius 1 is 1.40 bits per heavy atom. The van der Waals surface area contributed by atoms with Gasteiger partial charge in [0, 0.05) is 6.20 Å². The molecule has 0 atom stereocenters. The first-order valence-corrected chi connectivity index (χ1v) is 3.88. The quantitative estimate of drug-likeness (QED) is 0.612. The lowest BCUT2D eigenvalue weighted by molar-refractivity contribution is 1.38. The summed E-state index contributed by atoms with van der Waals surface area (Å²) in [5.41, 5.74) is 2.86. The van der Waals surface area contributed by atoms with Gasteiger partial charge in [0.15, 0.2) is 0 Å². The molecule has 0 saturated heterocycles. The lowest BCUT2D eigenvalue weighted by atomic mass is 10.4. The molecule has 1 aromatic heterocycles. The highest BCUT2D eigenvalue weighted by Crippen LogP contribution is 2.22. The number of hydrogen-bond acceptors (Lipinski definition) is 3. The van der Waals surface area contributed by atoms with Gasteiger partial charge in [-0.15, -0.1) is 11.3 Å². The molecule has 50 valence electrons. The van der Waals surface area contributed by atoms with E-state index in [0.717, 1.165) is 10.7 Å². The number of aromatic nitrogens is 1. The van der Waals surface area contributed by atoms with Gasteiger partial charge in [-0.05, 0) is 12.2 Å². The van der Waals surface area contributed by atoms with Crippen molar-refractivity contribution in [3.63, 3.8) is 0 Å². The third-order valence-electron chi connectivity index (χ3n) is 1.27. The molecule has 3 heteroatoms. The molecule has 0 bridgehead atoms. The summed E-state index contributed by atoms with van der Waals surface area (Å²) < 4.78 is 0. The first-order valence-electron chi connectivity index (χ1n) is 3.00. The van der Waals surface area contributed by atoms with E-state index in [1.807, 2.05) is 29.9 Å². The van der Waals surface area contributed by atoms with Crippen LogP contribution in [0.5, 0.6) is 0 Å². The molecule has 0 aromatic carbocycles. The van der Waals surface area contributed by atoms with E-state index in [9.17, 15) is 0 Å². The summed E-state index contributed by atoms with van der Waals surface area (Å²) in [4.78, 5) is 4.15. The predicted molar refractivity (Wildman–Crippen MR) is 43.9 cm³/mol. The summed E-state index contributed by atoms with van der Waals surface area (Å²) in [6.07, 6.45) is 7.82. The number of fused-ring (bicyclic) bond motifs is 1. The summed E-state index contributed by atoms with van der Waals surface area (Å²) in [6, 6.07) is 0. The molecule has 0 radical (unpaired) electrons. The molecule has 1 aliphatic rings. The Kier molecular flexibility index (Phi) is 1.29. The molecular weight excluding hydrogens is 144 g/mol. The number of nitrogens with one attached hydrogen (secondary N) is 1. The van der Waals surface area contributed by atoms with E-state index in [4.69, 9.17) is 0 Å². The monoisotopic (exact) mass is 150 g/mol. The fourth-order valence-corrected chi connectivity index (χ4v) is 1.46. The summed E-state index contributed by atoms with van der Waals surface area (Å²) >= 11 is 1.61. The topological polar surface area (TPSA) is 24.9 Å². The Hall–Kier alpha value is -1.09. The molecule has 0 saturated carbocycles. The van der Waals surface area contributed by atoms with Crippen LogP contribution in [0.3, 0.4) is 0 Å². The van der Waals surface area contributed by atoms with Crippen LogP contribution in [-0.4, -0.2) is 4.98 Å². The van der Waals surface area contributed by atoms with Crippen LogP contribution in [0.1, 0.15) is 5.69 Å². The Morgan fingerprint density at radius 3 is 3.40 bits per heavy atom. The minimum absolute atomic E-state index is 1.02. The fourth-order valence-electron chi connectivity index (χ4n) is 0.808. The molecule has 2 rings (SSSR count). The van der Waals surface area contributed by atoms with Gasteiger partial charge in [0.1, 0.15) is 5.00 Å². The van der Waals surface area contributed by atoms with E-state index >= 15 is 0 Å². The molecule has 1 N–H and O–H groups in total. The maximum absolute atomic E-state index is 4.15. The average Bonchev–Trinajstić information content (AvgIpc) is 2.28. The fraction of sp³-hybridized carbons (Fsp3) is 0. The van der Waals surface area contributed by atoms with Crippen LogP contribution in [0.25, 0.3) is 6.08 Å². The minimum Gasteiger partial charge on any atom is -0.352 e. The van der Waals surface area contributed by atoms with Crippen molar-refractivity contribution in [3.05, 3.63) is 29.6 Å². The van der Waals surface area contributed by atoms with E-state index in [2.05, 4.69) is 10.3 Å². The van der Waals surface area contributed by atoms with Gasteiger partial charge >= 0.3 is 0 Å². The normalized spacial score (nSPS) is 14.0. The average molecular weight is 150 g/mol. The predicted octanol–water partition coefficient (Wildman–Crippen LogP) is 2.10. The van der Waals surface area contributed by atoms with Crippen LogP contribution >= 0.6 is 11.3 Å². The second-order valence-corrected chi connectivity index (χ2v) is 2.78. The maximum atomic E-state index is 4.15. The third-order valence-corrected chi connectivity index (χ3v) is 2.04. The smallest absolute Gasteiger partial charge is 0.120 e. The van der Waals surface area contributed by atoms with Gasteiger partial charge < -0.3 is 5.32 Å². The van der Waals surface area contributed by atoms with Crippen molar-refractivity contribution in [1.82, 2.24) is 4.98 Å². The Morgan fingerprint density at radius 2 is 2.40 bits per heavy atom. The van der Waals surface area contributed by atoms with Gasteiger partial charge in [0.25, 0.3) is 0 Å². The van der Waals surface area contributed by atoms with Crippen molar-refractivity contribution in [2.75, 3.05) is 5.32 Å². The lowest BCUT2D eigenvalue weighted by Gasteiger charge is -1.91. The van der Waals surface area contributed by atoms with Gasteiger partial charge in [-0.25, -0.2) is 4.98 Å². The molecule has 2 nitrogen and oxygen atoms in total. The number of allylic oxidation sites excluding steroid dienone is 2. The number of thiazole rings is 1. The van der Waals surface area contributed by atoms with Crippen LogP contribution < -0.4 is 5.32 Å². The zero-order valence-electron chi connectivity index (χ0n) is 5.24. The van der Waals surface area contributed by atoms with Crippen molar-refractivity contribution in [2.24, 2.45) is 0 Å². The molecule has 0 spiro atoms. The molecule has 0 fully saturated rings. The van der Waals surface area contributed by atoms with E-state index in [1.165, 1.54) is 0 Å². The van der Waals surface area contributed by atoms with E-state index < -0.39 is 0 Å². The first-order chi connectivity index (χ1) is 4.97. The van der Waals surface area contributed by atoms with Crippen molar-refractivity contribution in [2.45, 2.75) is 0 Å². The van der Waals surface area contributed by atoms with Crippen LogP contribution in [0.2, 0.25) is 0 Å². The highest BCUT2D eigenvalue weighted by molar-refractivity contribution is 7.14. The Balaban J connectivity index is 2.50. The van der Waals surface area contributed by atoms with Gasteiger partial charge in [0.2, 0.25) is 0 Å². The zero-order valence-corrected chi connectivity index (χ0v) is 6.06. The van der Waals surface area contributed by atoms with Crippen LogP contribution in [0.4, 0.5) is 5.00 Å². The summed E-state index contributed by atoms with van der Waals surface area (Å²) in [5.74, 6) is 0. The van der Waals surface area contributed by atoms with Crippen molar-refractivity contribution < 1.29 is 0 Å². The van der Waals surface area contributed by atoms with Gasteiger partial charge in [-0.3, -0.25) is 0 Å². The third kappa shape index (κ3) is 0.844. The molecular formula is C7H6N2S. The Labute approximate surface area is 62.9 Å². The van der Waals surface area contributed by atoms with Crippen molar-refractivity contribution in [1.29, 1.82) is 0 Å². The first kappa shape index (κ1) is 5.68. The summed E-state index contributed by atoms with van der Waals surface area (Å²) in [7, 11) is 0. The standard InChI is InChI=1S/C7H6N2S/c1-2-4-8-7-6(3-1)9-5-10-7/h1-5,8H. The van der Waals surface area contributed by atoms with Crippen molar-refractivity contribution >= 4 is 22.4 Å².